The average molecular weight is 637 g/mol. The molecule has 3 N–H and O–H groups in total. The molecule has 3 aromatic rings. The summed E-state index contributed by atoms with van der Waals surface area (Å²) in [5.41, 5.74) is 4.00. The normalized spacial score (nSPS) is 12.4. The number of nitrogens with one attached hydrogen (secondary N) is 2. The lowest BCUT2D eigenvalue weighted by molar-refractivity contribution is 0.0755. The van der Waals surface area contributed by atoms with E-state index in [-0.39, 0.29) is 24.4 Å². The van der Waals surface area contributed by atoms with E-state index >= 15 is 0 Å². The van der Waals surface area contributed by atoms with Crippen LogP contribution in [0.15, 0.2) is 60.7 Å². The maximum atomic E-state index is 14.1. The molecule has 250 valence electrons. The maximum absolute atomic E-state index is 14.1. The molecular formula is C37H50F2N4O3. The molecule has 0 saturated heterocycles. The zero-order valence-corrected chi connectivity index (χ0v) is 27.9. The number of rotatable bonds is 18. The fraction of sp³-hybridized carbons (Fsp3) is 0.459. The highest BCUT2D eigenvalue weighted by atomic mass is 19.1. The Hall–Kier alpha value is -3.82. The third-order valence-electron chi connectivity index (χ3n) is 8.07. The van der Waals surface area contributed by atoms with Gasteiger partial charge in [-0.15, -0.1) is 0 Å². The lowest BCUT2D eigenvalue weighted by Crippen LogP contribution is -2.48. The Kier molecular flexibility index (Phi) is 14.6. The number of carbonyl (C=O) groups excluding carboxylic acids is 2. The fourth-order valence-corrected chi connectivity index (χ4v) is 5.66. The topological polar surface area (TPSA) is 84.9 Å². The standard InChI is InChI=1S/C37H50F2N4O3/c1-6-14-43(15-7-2)37(46)30-20-29(21-33(22-30)42(9-4)10-5)36(45)41-34(19-28-17-31(38)23-32(39)18-28)35(44)25-40-24-27-13-11-12-26(8-3)16-27/h11-13,16-18,20-23,34-35,40,44H,6-10,14-15,19,24-25H2,1-5H3,(H,41,45)/t34-,35+/m1/s1. The summed E-state index contributed by atoms with van der Waals surface area (Å²) in [6.45, 7) is 13.4. The van der Waals surface area contributed by atoms with Crippen LogP contribution in [0.1, 0.15) is 84.9 Å². The van der Waals surface area contributed by atoms with Crippen LogP contribution in [0.5, 0.6) is 0 Å². The van der Waals surface area contributed by atoms with Gasteiger partial charge in [-0.25, -0.2) is 8.78 Å². The number of carbonyl (C=O) groups is 2. The van der Waals surface area contributed by atoms with E-state index in [4.69, 9.17) is 0 Å². The van der Waals surface area contributed by atoms with Crippen molar-refractivity contribution in [1.82, 2.24) is 15.5 Å². The van der Waals surface area contributed by atoms with Gasteiger partial charge in [-0.2, -0.15) is 0 Å². The molecule has 0 spiro atoms. The number of aliphatic hydroxyl groups excluding tert-OH is 1. The van der Waals surface area contributed by atoms with Gasteiger partial charge < -0.3 is 25.5 Å². The van der Waals surface area contributed by atoms with Gasteiger partial charge in [0.2, 0.25) is 0 Å². The van der Waals surface area contributed by atoms with Crippen molar-refractivity contribution >= 4 is 17.5 Å². The van der Waals surface area contributed by atoms with Crippen LogP contribution < -0.4 is 15.5 Å². The van der Waals surface area contributed by atoms with Crippen LogP contribution in [-0.4, -0.2) is 66.7 Å². The van der Waals surface area contributed by atoms with Gasteiger partial charge in [-0.3, -0.25) is 9.59 Å². The van der Waals surface area contributed by atoms with E-state index in [2.05, 4.69) is 34.6 Å². The van der Waals surface area contributed by atoms with Crippen molar-refractivity contribution in [3.63, 3.8) is 0 Å². The first-order valence-corrected chi connectivity index (χ1v) is 16.5. The molecule has 46 heavy (non-hydrogen) atoms. The molecule has 0 bridgehead atoms. The van der Waals surface area contributed by atoms with Crippen LogP contribution >= 0.6 is 0 Å². The summed E-state index contributed by atoms with van der Waals surface area (Å²) >= 11 is 0. The minimum Gasteiger partial charge on any atom is -0.390 e. The van der Waals surface area contributed by atoms with Crippen LogP contribution in [0.2, 0.25) is 0 Å². The highest BCUT2D eigenvalue weighted by Crippen LogP contribution is 2.22. The Bertz CT molecular complexity index is 1400. The van der Waals surface area contributed by atoms with Crippen LogP contribution in [0.25, 0.3) is 0 Å². The highest BCUT2D eigenvalue weighted by Gasteiger charge is 2.25. The molecule has 0 aromatic heterocycles. The third kappa shape index (κ3) is 10.6. The van der Waals surface area contributed by atoms with Crippen molar-refractivity contribution in [2.24, 2.45) is 0 Å². The Morgan fingerprint density at radius 2 is 1.43 bits per heavy atom. The first-order chi connectivity index (χ1) is 22.1. The van der Waals surface area contributed by atoms with E-state index in [0.29, 0.717) is 43.9 Å². The molecule has 3 rings (SSSR count). The molecule has 0 aliphatic carbocycles. The maximum Gasteiger partial charge on any atom is 0.253 e. The number of anilines is 1. The van der Waals surface area contributed by atoms with Gasteiger partial charge in [0.1, 0.15) is 11.6 Å². The van der Waals surface area contributed by atoms with Crippen molar-refractivity contribution in [3.05, 3.63) is 100 Å². The molecule has 2 atom stereocenters. The van der Waals surface area contributed by atoms with Crippen LogP contribution in [-0.2, 0) is 19.4 Å². The molecule has 7 nitrogen and oxygen atoms in total. The summed E-state index contributed by atoms with van der Waals surface area (Å²) in [6, 6.07) is 15.6. The van der Waals surface area contributed by atoms with Crippen molar-refractivity contribution in [3.8, 4) is 0 Å². The summed E-state index contributed by atoms with van der Waals surface area (Å²) in [4.78, 5) is 31.3. The number of aliphatic hydroxyl groups is 1. The number of hydrogen-bond acceptors (Lipinski definition) is 5. The molecule has 0 aliphatic heterocycles. The van der Waals surface area contributed by atoms with Gasteiger partial charge in [0.25, 0.3) is 11.8 Å². The number of nitrogens with zero attached hydrogens (tertiary/aromatic N) is 2. The van der Waals surface area contributed by atoms with E-state index in [1.165, 1.54) is 17.7 Å². The van der Waals surface area contributed by atoms with Crippen LogP contribution in [0.3, 0.4) is 0 Å². The van der Waals surface area contributed by atoms with E-state index in [9.17, 15) is 23.5 Å². The average Bonchev–Trinajstić information content (AvgIpc) is 3.04. The second-order valence-electron chi connectivity index (χ2n) is 11.7. The molecule has 0 radical (unpaired) electrons. The van der Waals surface area contributed by atoms with Crippen molar-refractivity contribution < 1.29 is 23.5 Å². The highest BCUT2D eigenvalue weighted by molar-refractivity contribution is 6.01. The Balaban J connectivity index is 1.91. The molecule has 0 fully saturated rings. The predicted molar refractivity (Wildman–Crippen MR) is 181 cm³/mol. The first-order valence-electron chi connectivity index (χ1n) is 16.5. The van der Waals surface area contributed by atoms with Gasteiger partial charge in [0.15, 0.2) is 0 Å². The number of halogens is 2. The molecule has 3 aromatic carbocycles. The molecule has 0 aliphatic rings. The zero-order chi connectivity index (χ0) is 33.6. The summed E-state index contributed by atoms with van der Waals surface area (Å²) in [5.74, 6) is -2.10. The van der Waals surface area contributed by atoms with E-state index in [0.717, 1.165) is 36.6 Å². The van der Waals surface area contributed by atoms with Gasteiger partial charge in [0.05, 0.1) is 12.1 Å². The first kappa shape index (κ1) is 36.6. The third-order valence-corrected chi connectivity index (χ3v) is 8.07. The monoisotopic (exact) mass is 636 g/mol. The van der Waals surface area contributed by atoms with Gasteiger partial charge in [-0.05, 0) is 86.6 Å². The summed E-state index contributed by atoms with van der Waals surface area (Å²) in [7, 11) is 0. The quantitative estimate of drug-likeness (QED) is 0.157. The van der Waals surface area contributed by atoms with Crippen molar-refractivity contribution in [2.45, 2.75) is 79.0 Å². The summed E-state index contributed by atoms with van der Waals surface area (Å²) in [5, 5.41) is 17.5. The molecular weight excluding hydrogens is 586 g/mol. The number of amides is 2. The Labute approximate surface area is 273 Å². The lowest BCUT2D eigenvalue weighted by atomic mass is 9.99. The van der Waals surface area contributed by atoms with E-state index in [1.54, 1.807) is 17.0 Å². The molecule has 9 heteroatoms. The molecule has 0 saturated carbocycles. The zero-order valence-electron chi connectivity index (χ0n) is 27.9. The van der Waals surface area contributed by atoms with Gasteiger partial charge in [-0.1, -0.05) is 45.0 Å². The van der Waals surface area contributed by atoms with Crippen molar-refractivity contribution in [1.29, 1.82) is 0 Å². The summed E-state index contributed by atoms with van der Waals surface area (Å²) < 4.78 is 28.2. The van der Waals surface area contributed by atoms with E-state index < -0.39 is 29.7 Å². The SMILES string of the molecule is CCCN(CCC)C(=O)c1cc(C(=O)N[C@H](Cc2cc(F)cc(F)c2)[C@@H](O)CNCc2cccc(CC)c2)cc(N(CC)CC)c1. The lowest BCUT2D eigenvalue weighted by Gasteiger charge is -2.27. The second kappa shape index (κ2) is 18.4. The minimum atomic E-state index is -1.08. The second-order valence-corrected chi connectivity index (χ2v) is 11.7. The van der Waals surface area contributed by atoms with Gasteiger partial charge >= 0.3 is 0 Å². The molecule has 0 heterocycles. The van der Waals surface area contributed by atoms with E-state index in [1.807, 2.05) is 45.9 Å². The molecule has 2 amide bonds. The van der Waals surface area contributed by atoms with Crippen molar-refractivity contribution in [2.75, 3.05) is 37.6 Å². The largest absolute Gasteiger partial charge is 0.390 e. The Morgan fingerprint density at radius 3 is 2.04 bits per heavy atom. The fourth-order valence-electron chi connectivity index (χ4n) is 5.66. The minimum absolute atomic E-state index is 0.00309. The smallest absolute Gasteiger partial charge is 0.253 e. The number of benzene rings is 3. The van der Waals surface area contributed by atoms with Gasteiger partial charge in [0, 0.05) is 62.1 Å². The Morgan fingerprint density at radius 1 is 0.804 bits per heavy atom. The molecule has 0 unspecified atom stereocenters. The predicted octanol–water partition coefficient (Wildman–Crippen LogP) is 6.13. The number of hydrogen-bond donors (Lipinski definition) is 3. The van der Waals surface area contributed by atoms with Crippen LogP contribution in [0, 0.1) is 11.6 Å². The summed E-state index contributed by atoms with van der Waals surface area (Å²) in [6.07, 6.45) is 1.45. The number of aryl methyl sites for hydroxylation is 1. The van der Waals surface area contributed by atoms with Crippen LogP contribution in [0.4, 0.5) is 14.5 Å².